The number of carbonyl (C=O) groups is 2. The normalized spacial score (nSPS) is 14.3. The lowest BCUT2D eigenvalue weighted by molar-refractivity contribution is -0.137. The molecule has 0 unspecified atom stereocenters. The van der Waals surface area contributed by atoms with Gasteiger partial charge in [-0.25, -0.2) is 19.0 Å². The van der Waals surface area contributed by atoms with Crippen molar-refractivity contribution in [3.63, 3.8) is 0 Å². The van der Waals surface area contributed by atoms with E-state index in [0.29, 0.717) is 6.54 Å². The van der Waals surface area contributed by atoms with Crippen molar-refractivity contribution in [3.05, 3.63) is 71.1 Å². The van der Waals surface area contributed by atoms with E-state index in [1.54, 1.807) is 4.90 Å². The number of pyridine rings is 1. The maximum atomic E-state index is 15.4. The summed E-state index contributed by atoms with van der Waals surface area (Å²) >= 11 is 5.76. The Hall–Kier alpha value is -4.14. The van der Waals surface area contributed by atoms with E-state index in [2.05, 4.69) is 10.3 Å². The van der Waals surface area contributed by atoms with Gasteiger partial charge in [-0.1, -0.05) is 11.6 Å². The summed E-state index contributed by atoms with van der Waals surface area (Å²) in [7, 11) is 2.86. The molecule has 218 valence electrons. The molecule has 1 aliphatic heterocycles. The van der Waals surface area contributed by atoms with Crippen molar-refractivity contribution in [2.24, 2.45) is 0 Å². The Morgan fingerprint density at radius 3 is 2.49 bits per heavy atom. The first-order valence-corrected chi connectivity index (χ1v) is 12.4. The van der Waals surface area contributed by atoms with Crippen LogP contribution >= 0.6 is 11.6 Å². The van der Waals surface area contributed by atoms with Crippen molar-refractivity contribution in [1.82, 2.24) is 15.2 Å². The molecule has 2 aromatic carbocycles. The third-order valence-electron chi connectivity index (χ3n) is 5.88. The molecule has 0 bridgehead atoms. The fourth-order valence-electron chi connectivity index (χ4n) is 3.91. The molecule has 0 spiro atoms. The van der Waals surface area contributed by atoms with Gasteiger partial charge in [0.05, 0.1) is 36.2 Å². The minimum atomic E-state index is -4.74. The van der Waals surface area contributed by atoms with Crippen LogP contribution in [0.4, 0.5) is 38.5 Å². The fourth-order valence-corrected chi connectivity index (χ4v) is 4.13. The molecule has 0 saturated carbocycles. The van der Waals surface area contributed by atoms with Crippen LogP contribution in [-0.4, -0.2) is 62.7 Å². The van der Waals surface area contributed by atoms with Gasteiger partial charge >= 0.3 is 18.3 Å². The first-order valence-electron chi connectivity index (χ1n) is 12.0. The van der Waals surface area contributed by atoms with Crippen LogP contribution in [0.15, 0.2) is 54.7 Å². The Morgan fingerprint density at radius 1 is 1.07 bits per heavy atom. The van der Waals surface area contributed by atoms with Gasteiger partial charge in [-0.05, 0) is 36.4 Å². The van der Waals surface area contributed by atoms with Crippen LogP contribution in [0.25, 0.3) is 0 Å². The van der Waals surface area contributed by atoms with E-state index in [4.69, 9.17) is 25.8 Å². The molecule has 2 heterocycles. The summed E-state index contributed by atoms with van der Waals surface area (Å²) in [6.45, 7) is 0.446. The summed E-state index contributed by atoms with van der Waals surface area (Å²) in [5, 5.41) is 1.77. The Balaban J connectivity index is 1.61. The van der Waals surface area contributed by atoms with Crippen molar-refractivity contribution < 1.29 is 41.4 Å². The third kappa shape index (κ3) is 7.14. The molecule has 15 heteroatoms. The summed E-state index contributed by atoms with van der Waals surface area (Å²) in [6.07, 6.45) is -4.15. The molecular formula is C26H24ClF4N5O5. The Morgan fingerprint density at radius 2 is 1.80 bits per heavy atom. The number of nitrogens with one attached hydrogen (secondary N) is 1. The van der Waals surface area contributed by atoms with Crippen LogP contribution in [0.3, 0.4) is 0 Å². The van der Waals surface area contributed by atoms with Gasteiger partial charge in [-0.15, -0.1) is 0 Å². The predicted octanol–water partition coefficient (Wildman–Crippen LogP) is 5.71. The van der Waals surface area contributed by atoms with Crippen molar-refractivity contribution >= 4 is 35.1 Å². The maximum absolute atomic E-state index is 15.4. The number of hydrogen-bond acceptors (Lipinski definition) is 7. The van der Waals surface area contributed by atoms with Crippen LogP contribution in [-0.2, 0) is 10.9 Å². The highest BCUT2D eigenvalue weighted by Crippen LogP contribution is 2.38. The van der Waals surface area contributed by atoms with E-state index in [1.807, 2.05) is 0 Å². The van der Waals surface area contributed by atoms with Crippen LogP contribution in [0, 0.1) is 5.82 Å². The molecule has 1 N–H and O–H groups in total. The molecule has 1 aliphatic rings. The predicted molar refractivity (Wildman–Crippen MR) is 141 cm³/mol. The number of anilines is 2. The molecule has 1 aromatic heterocycles. The number of benzene rings is 2. The average molecular weight is 598 g/mol. The molecule has 0 atom stereocenters. The molecule has 1 fully saturated rings. The number of rotatable bonds is 8. The lowest BCUT2D eigenvalue weighted by Crippen LogP contribution is -2.59. The Labute approximate surface area is 237 Å². The minimum Gasteiger partial charge on any atom is -0.457 e. The summed E-state index contributed by atoms with van der Waals surface area (Å²) in [5.74, 6) is -0.619. The number of ether oxygens (including phenoxy) is 3. The second kappa shape index (κ2) is 12.6. The number of nitrogens with zero attached hydrogens (tertiary/aromatic N) is 4. The molecular weight excluding hydrogens is 574 g/mol. The largest absolute Gasteiger partial charge is 0.457 e. The van der Waals surface area contributed by atoms with E-state index in [-0.39, 0.29) is 48.7 Å². The van der Waals surface area contributed by atoms with Crippen molar-refractivity contribution in [3.8, 4) is 17.4 Å². The number of amides is 3. The highest BCUT2D eigenvalue weighted by molar-refractivity contribution is 6.31. The number of alkyl halides is 3. The number of methoxy groups -OCH3 is 1. The van der Waals surface area contributed by atoms with Gasteiger partial charge in [-0.3, -0.25) is 14.7 Å². The van der Waals surface area contributed by atoms with Gasteiger partial charge in [0.1, 0.15) is 11.5 Å². The van der Waals surface area contributed by atoms with E-state index in [9.17, 15) is 22.8 Å². The second-order valence-electron chi connectivity index (χ2n) is 8.66. The minimum absolute atomic E-state index is 0.0509. The second-order valence-corrected chi connectivity index (χ2v) is 9.06. The maximum Gasteiger partial charge on any atom is 0.417 e. The van der Waals surface area contributed by atoms with Gasteiger partial charge in [0, 0.05) is 44.7 Å². The average Bonchev–Trinajstić information content (AvgIpc) is 2.92. The molecule has 3 amide bonds. The number of aromatic nitrogens is 1. The molecule has 3 aromatic rings. The van der Waals surface area contributed by atoms with E-state index in [1.165, 1.54) is 50.7 Å². The summed E-state index contributed by atoms with van der Waals surface area (Å²) in [5.41, 5.74) is -1.29. The topological polar surface area (TPSA) is 96.5 Å². The van der Waals surface area contributed by atoms with Gasteiger partial charge < -0.3 is 19.5 Å². The van der Waals surface area contributed by atoms with Crippen LogP contribution in [0.5, 0.6) is 17.4 Å². The van der Waals surface area contributed by atoms with Gasteiger partial charge in [0.25, 0.3) is 0 Å². The zero-order valence-corrected chi connectivity index (χ0v) is 22.5. The number of carbonyl (C=O) groups excluding carboxylic acids is 2. The van der Waals surface area contributed by atoms with E-state index >= 15 is 4.39 Å². The highest BCUT2D eigenvalue weighted by Gasteiger charge is 2.37. The molecule has 0 radical (unpaired) electrons. The smallest absolute Gasteiger partial charge is 0.417 e. The van der Waals surface area contributed by atoms with Crippen LogP contribution in [0.2, 0.25) is 5.02 Å². The summed E-state index contributed by atoms with van der Waals surface area (Å²) in [6, 6.07) is 8.94. The summed E-state index contributed by atoms with van der Waals surface area (Å²) < 4.78 is 71.6. The zero-order valence-electron chi connectivity index (χ0n) is 21.7. The zero-order chi connectivity index (χ0) is 29.7. The lowest BCUT2D eigenvalue weighted by atomic mass is 10.1. The fraction of sp³-hybridized carbons (Fsp3) is 0.269. The highest BCUT2D eigenvalue weighted by atomic mass is 35.5. The van der Waals surface area contributed by atoms with Crippen molar-refractivity contribution in [2.75, 3.05) is 50.4 Å². The Bertz CT molecular complexity index is 1430. The number of halogens is 5. The molecule has 41 heavy (non-hydrogen) atoms. The monoisotopic (exact) mass is 597 g/mol. The van der Waals surface area contributed by atoms with Crippen LogP contribution < -0.4 is 24.6 Å². The third-order valence-corrected chi connectivity index (χ3v) is 6.21. The molecule has 4 rings (SSSR count). The molecule has 10 nitrogen and oxygen atoms in total. The first-order chi connectivity index (χ1) is 19.5. The van der Waals surface area contributed by atoms with Gasteiger partial charge in [0.15, 0.2) is 5.82 Å². The summed E-state index contributed by atoms with van der Waals surface area (Å²) in [4.78, 5) is 32.7. The van der Waals surface area contributed by atoms with E-state index in [0.717, 1.165) is 28.0 Å². The van der Waals surface area contributed by atoms with E-state index < -0.39 is 34.7 Å². The standard InChI is InChI=1S/C26H24ClF4N5O5/c1-32-24(37)41-23-13-18(7-8-33-23)40-17-4-6-22(21(28)12-17)36-15-34(9-10-39-2)14-35(25(36)38)16-3-5-20(27)19(11-16)26(29,30)31/h3-8,11-13H,9-10,14-15H2,1-2H3,(H,32,37). The quantitative estimate of drug-likeness (QED) is 0.332. The number of urea groups is 1. The van der Waals surface area contributed by atoms with Crippen molar-refractivity contribution in [1.29, 1.82) is 0 Å². The SMILES string of the molecule is CNC(=O)Oc1cc(Oc2ccc(N3CN(CCOC)CN(c4ccc(Cl)c(C(F)(F)F)c4)C3=O)c(F)c2)ccn1. The van der Waals surface area contributed by atoms with Crippen molar-refractivity contribution in [2.45, 2.75) is 6.18 Å². The molecule has 0 aliphatic carbocycles. The Kier molecular flexibility index (Phi) is 9.15. The first kappa shape index (κ1) is 29.8. The molecule has 1 saturated heterocycles. The lowest BCUT2D eigenvalue weighted by Gasteiger charge is -2.42. The van der Waals surface area contributed by atoms with Gasteiger partial charge in [0.2, 0.25) is 5.88 Å². The number of hydrogen-bond donors (Lipinski definition) is 1. The van der Waals surface area contributed by atoms with Gasteiger partial charge in [-0.2, -0.15) is 13.2 Å². The van der Waals surface area contributed by atoms with Crippen LogP contribution in [0.1, 0.15) is 5.56 Å².